The topological polar surface area (TPSA) is 99.6 Å². The number of carboxylic acid groups (broad SMARTS) is 1. The summed E-state index contributed by atoms with van der Waals surface area (Å²) in [5, 5.41) is 11.5. The van der Waals surface area contributed by atoms with Crippen LogP contribution in [0.15, 0.2) is 18.3 Å². The number of amides is 2. The number of hydrogen-bond donors (Lipinski definition) is 2. The third-order valence-electron chi connectivity index (χ3n) is 5.37. The van der Waals surface area contributed by atoms with Crippen molar-refractivity contribution in [2.75, 3.05) is 11.9 Å². The fourth-order valence-corrected chi connectivity index (χ4v) is 3.72. The molecule has 134 valence electrons. The molecule has 0 aromatic carbocycles. The van der Waals surface area contributed by atoms with Gasteiger partial charge in [-0.25, -0.2) is 4.98 Å². The first-order valence-electron chi connectivity index (χ1n) is 8.71. The Morgan fingerprint density at radius 2 is 1.92 bits per heavy atom. The van der Waals surface area contributed by atoms with E-state index in [9.17, 15) is 14.4 Å². The van der Waals surface area contributed by atoms with Crippen LogP contribution in [0.5, 0.6) is 0 Å². The van der Waals surface area contributed by atoms with Gasteiger partial charge in [0.05, 0.1) is 11.8 Å². The van der Waals surface area contributed by atoms with Crippen molar-refractivity contribution < 1.29 is 19.5 Å². The Bertz CT molecular complexity index is 665. The Morgan fingerprint density at radius 1 is 1.20 bits per heavy atom. The molecule has 7 nitrogen and oxygen atoms in total. The summed E-state index contributed by atoms with van der Waals surface area (Å²) in [7, 11) is 1.97. The van der Waals surface area contributed by atoms with E-state index in [1.807, 2.05) is 19.2 Å². The molecule has 1 atom stereocenters. The Hall–Kier alpha value is -2.44. The predicted octanol–water partition coefficient (Wildman–Crippen LogP) is 1.68. The first-order chi connectivity index (χ1) is 12.0. The number of nitrogens with one attached hydrogen (secondary N) is 1. The number of aromatic nitrogens is 1. The maximum absolute atomic E-state index is 11.9. The van der Waals surface area contributed by atoms with Gasteiger partial charge >= 0.3 is 5.97 Å². The largest absolute Gasteiger partial charge is 0.481 e. The van der Waals surface area contributed by atoms with E-state index in [0.29, 0.717) is 25.7 Å². The van der Waals surface area contributed by atoms with Gasteiger partial charge in [-0.1, -0.05) is 6.07 Å². The first kappa shape index (κ1) is 17.4. The number of carboxylic acids is 1. The van der Waals surface area contributed by atoms with E-state index in [1.54, 1.807) is 6.20 Å². The molecule has 1 saturated carbocycles. The van der Waals surface area contributed by atoms with Crippen molar-refractivity contribution in [2.24, 2.45) is 5.92 Å². The maximum Gasteiger partial charge on any atom is 0.306 e. The van der Waals surface area contributed by atoms with Gasteiger partial charge in [0, 0.05) is 25.7 Å². The van der Waals surface area contributed by atoms with Crippen LogP contribution in [0.3, 0.4) is 0 Å². The van der Waals surface area contributed by atoms with Crippen LogP contribution in [0.1, 0.15) is 50.0 Å². The molecule has 1 saturated heterocycles. The van der Waals surface area contributed by atoms with Gasteiger partial charge in [-0.15, -0.1) is 0 Å². The lowest BCUT2D eigenvalue weighted by Crippen LogP contribution is -2.39. The van der Waals surface area contributed by atoms with Crippen LogP contribution in [0, 0.1) is 5.92 Å². The van der Waals surface area contributed by atoms with Gasteiger partial charge in [0.15, 0.2) is 0 Å². The minimum Gasteiger partial charge on any atom is -0.481 e. The van der Waals surface area contributed by atoms with Crippen molar-refractivity contribution in [1.82, 2.24) is 10.3 Å². The second-order valence-electron chi connectivity index (χ2n) is 6.91. The number of hydrogen-bond acceptors (Lipinski definition) is 5. The number of aliphatic carboxylic acids is 1. The zero-order valence-electron chi connectivity index (χ0n) is 14.3. The number of carbonyl (C=O) groups excluding carboxylic acids is 2. The van der Waals surface area contributed by atoms with Crippen LogP contribution in [0.2, 0.25) is 0 Å². The second kappa shape index (κ2) is 7.21. The Kier molecular flexibility index (Phi) is 5.01. The molecule has 1 aromatic rings. The van der Waals surface area contributed by atoms with Crippen LogP contribution in [0.25, 0.3) is 0 Å². The van der Waals surface area contributed by atoms with E-state index in [0.717, 1.165) is 24.2 Å². The van der Waals surface area contributed by atoms with E-state index in [4.69, 9.17) is 5.11 Å². The quantitative estimate of drug-likeness (QED) is 0.806. The van der Waals surface area contributed by atoms with Crippen LogP contribution in [-0.2, 0) is 14.4 Å². The normalized spacial score (nSPS) is 26.8. The fraction of sp³-hybridized carbons (Fsp3) is 0.556. The Balaban J connectivity index is 1.63. The number of carbonyl (C=O) groups is 3. The molecule has 2 fully saturated rings. The highest BCUT2D eigenvalue weighted by molar-refractivity contribution is 6.00. The van der Waals surface area contributed by atoms with Crippen molar-refractivity contribution in [1.29, 1.82) is 0 Å². The van der Waals surface area contributed by atoms with Gasteiger partial charge in [0.25, 0.3) is 0 Å². The average Bonchev–Trinajstić information content (AvgIpc) is 2.61. The molecular formula is C18H23N3O4. The molecule has 7 heteroatoms. The second-order valence-corrected chi connectivity index (χ2v) is 6.91. The van der Waals surface area contributed by atoms with Crippen LogP contribution >= 0.6 is 0 Å². The molecule has 0 bridgehead atoms. The van der Waals surface area contributed by atoms with Crippen LogP contribution < -0.4 is 10.2 Å². The lowest BCUT2D eigenvalue weighted by Gasteiger charge is -2.34. The first-order valence-corrected chi connectivity index (χ1v) is 8.71. The van der Waals surface area contributed by atoms with Crippen LogP contribution in [-0.4, -0.2) is 41.0 Å². The number of imide groups is 1. The van der Waals surface area contributed by atoms with Crippen molar-refractivity contribution in [3.05, 3.63) is 23.9 Å². The van der Waals surface area contributed by atoms with E-state index in [1.165, 1.54) is 0 Å². The number of nitrogens with zero attached hydrogens (tertiary/aromatic N) is 2. The molecule has 1 aliphatic heterocycles. The standard InChI is InChI=1S/C18H23N3O4/c1-21(13-5-2-11(3-6-13)18(24)25)15-8-4-12(10-19-15)14-7-9-16(22)20-17(14)23/h4,8,10-11,13-14H,2-3,5-7,9H2,1H3,(H,24,25)(H,20,22,23)/t11?,13?,14-/m1/s1. The van der Waals surface area contributed by atoms with E-state index < -0.39 is 5.97 Å². The molecule has 2 amide bonds. The van der Waals surface area contributed by atoms with Crippen molar-refractivity contribution in [3.63, 3.8) is 0 Å². The highest BCUT2D eigenvalue weighted by atomic mass is 16.4. The molecule has 3 rings (SSSR count). The van der Waals surface area contributed by atoms with Crippen molar-refractivity contribution in [3.8, 4) is 0 Å². The number of rotatable bonds is 4. The number of anilines is 1. The number of pyridine rings is 1. The lowest BCUT2D eigenvalue weighted by molar-refractivity contribution is -0.143. The Labute approximate surface area is 146 Å². The van der Waals surface area contributed by atoms with Crippen molar-refractivity contribution in [2.45, 2.75) is 50.5 Å². The molecule has 2 aliphatic rings. The minimum absolute atomic E-state index is 0.220. The third-order valence-corrected chi connectivity index (χ3v) is 5.37. The molecule has 1 aliphatic carbocycles. The fourth-order valence-electron chi connectivity index (χ4n) is 3.72. The van der Waals surface area contributed by atoms with Gasteiger partial charge in [0.2, 0.25) is 11.8 Å². The summed E-state index contributed by atoms with van der Waals surface area (Å²) in [6.07, 6.45) is 5.63. The van der Waals surface area contributed by atoms with Crippen LogP contribution in [0.4, 0.5) is 5.82 Å². The van der Waals surface area contributed by atoms with E-state index in [2.05, 4.69) is 15.2 Å². The SMILES string of the molecule is CN(c1ccc([C@H]2CCC(=O)NC2=O)cn1)C1CCC(C(=O)O)CC1. The predicted molar refractivity (Wildman–Crippen MR) is 91.1 cm³/mol. The molecule has 0 radical (unpaired) electrons. The number of piperidine rings is 1. The van der Waals surface area contributed by atoms with E-state index >= 15 is 0 Å². The average molecular weight is 345 g/mol. The zero-order chi connectivity index (χ0) is 18.0. The van der Waals surface area contributed by atoms with Gasteiger partial charge in [-0.3, -0.25) is 19.7 Å². The lowest BCUT2D eigenvalue weighted by atomic mass is 9.85. The maximum atomic E-state index is 11.9. The van der Waals surface area contributed by atoms with Crippen molar-refractivity contribution >= 4 is 23.6 Å². The minimum atomic E-state index is -0.701. The highest BCUT2D eigenvalue weighted by Gasteiger charge is 2.30. The Morgan fingerprint density at radius 3 is 2.48 bits per heavy atom. The summed E-state index contributed by atoms with van der Waals surface area (Å²) in [6.45, 7) is 0. The molecule has 2 heterocycles. The smallest absolute Gasteiger partial charge is 0.306 e. The molecule has 2 N–H and O–H groups in total. The summed E-state index contributed by atoms with van der Waals surface area (Å²) < 4.78 is 0. The highest BCUT2D eigenvalue weighted by Crippen LogP contribution is 2.30. The third kappa shape index (κ3) is 3.81. The van der Waals surface area contributed by atoms with Gasteiger partial charge in [-0.05, 0) is 43.7 Å². The van der Waals surface area contributed by atoms with E-state index in [-0.39, 0.29) is 29.7 Å². The zero-order valence-corrected chi connectivity index (χ0v) is 14.3. The summed E-state index contributed by atoms with van der Waals surface area (Å²) >= 11 is 0. The monoisotopic (exact) mass is 345 g/mol. The molecule has 0 spiro atoms. The molecular weight excluding hydrogens is 322 g/mol. The van der Waals surface area contributed by atoms with Gasteiger partial charge < -0.3 is 10.0 Å². The summed E-state index contributed by atoms with van der Waals surface area (Å²) in [4.78, 5) is 40.8. The summed E-state index contributed by atoms with van der Waals surface area (Å²) in [5.41, 5.74) is 0.816. The molecule has 0 unspecified atom stereocenters. The van der Waals surface area contributed by atoms with Gasteiger partial charge in [-0.2, -0.15) is 0 Å². The summed E-state index contributed by atoms with van der Waals surface area (Å²) in [6, 6.07) is 4.06. The molecule has 1 aromatic heterocycles. The molecule has 25 heavy (non-hydrogen) atoms. The summed E-state index contributed by atoms with van der Waals surface area (Å²) in [5.74, 6) is -0.917. The van der Waals surface area contributed by atoms with Gasteiger partial charge in [0.1, 0.15) is 5.82 Å².